The Morgan fingerprint density at radius 1 is 1.06 bits per heavy atom. The van der Waals surface area contributed by atoms with Gasteiger partial charge in [0, 0.05) is 11.9 Å². The molecule has 3 heterocycles. The Labute approximate surface area is 212 Å². The van der Waals surface area contributed by atoms with Crippen LogP contribution in [0.15, 0.2) is 113 Å². The van der Waals surface area contributed by atoms with Gasteiger partial charge in [-0.15, -0.1) is 11.8 Å². The van der Waals surface area contributed by atoms with Gasteiger partial charge in [0.15, 0.2) is 6.10 Å². The van der Waals surface area contributed by atoms with Crippen LogP contribution in [0.2, 0.25) is 0 Å². The molecule has 8 heteroatoms. The largest absolute Gasteiger partial charge is 0.448 e. The quantitative estimate of drug-likeness (QED) is 0.289. The van der Waals surface area contributed by atoms with Gasteiger partial charge >= 0.3 is 5.97 Å². The maximum Gasteiger partial charge on any atom is 0.356 e. The third-order valence-electron chi connectivity index (χ3n) is 5.76. The number of esters is 1. The van der Waals surface area contributed by atoms with Gasteiger partial charge in [-0.1, -0.05) is 78.5 Å². The number of thioether (sulfide) groups is 2. The number of fused-ring (bicyclic) bond motifs is 1. The monoisotopic (exact) mass is 501 g/mol. The normalized spacial score (nSPS) is 19.6. The van der Waals surface area contributed by atoms with Crippen molar-refractivity contribution in [1.29, 1.82) is 0 Å². The summed E-state index contributed by atoms with van der Waals surface area (Å²) in [5.41, 5.74) is 8.71. The summed E-state index contributed by atoms with van der Waals surface area (Å²) in [4.78, 5) is 32.1. The number of pyridine rings is 1. The number of amides is 1. The topological polar surface area (TPSA) is 85.5 Å². The molecule has 35 heavy (non-hydrogen) atoms. The molecule has 176 valence electrons. The van der Waals surface area contributed by atoms with E-state index >= 15 is 0 Å². The van der Waals surface area contributed by atoms with Crippen LogP contribution in [0.3, 0.4) is 0 Å². The van der Waals surface area contributed by atoms with Gasteiger partial charge in [-0.3, -0.25) is 9.69 Å². The van der Waals surface area contributed by atoms with Gasteiger partial charge in [0.2, 0.25) is 5.91 Å². The van der Waals surface area contributed by atoms with Crippen LogP contribution in [0.5, 0.6) is 0 Å². The first-order valence-electron chi connectivity index (χ1n) is 11.1. The van der Waals surface area contributed by atoms with Crippen molar-refractivity contribution in [3.8, 4) is 0 Å². The average Bonchev–Trinajstić information content (AvgIpc) is 2.92. The second-order valence-electron chi connectivity index (χ2n) is 8.00. The molecule has 1 fully saturated rings. The number of nitrogens with zero attached hydrogens (tertiary/aromatic N) is 2. The van der Waals surface area contributed by atoms with Gasteiger partial charge in [-0.05, 0) is 40.3 Å². The zero-order valence-electron chi connectivity index (χ0n) is 18.7. The number of β-lactam (4-membered cyclic amide) rings is 1. The maximum absolute atomic E-state index is 13.7. The first kappa shape index (κ1) is 23.4. The van der Waals surface area contributed by atoms with Crippen LogP contribution >= 0.6 is 23.5 Å². The molecule has 1 saturated heterocycles. The van der Waals surface area contributed by atoms with Gasteiger partial charge in [0.1, 0.15) is 22.1 Å². The molecule has 2 aromatic carbocycles. The molecule has 2 aliphatic heterocycles. The highest BCUT2D eigenvalue weighted by molar-refractivity contribution is 8.02. The van der Waals surface area contributed by atoms with Crippen molar-refractivity contribution >= 4 is 35.4 Å². The van der Waals surface area contributed by atoms with Gasteiger partial charge < -0.3 is 10.5 Å². The minimum absolute atomic E-state index is 0.259. The number of ether oxygens (including phenoxy) is 1. The van der Waals surface area contributed by atoms with E-state index in [2.05, 4.69) is 4.98 Å². The Balaban J connectivity index is 1.47. The van der Waals surface area contributed by atoms with E-state index in [1.807, 2.05) is 90.3 Å². The SMILES string of the molecule is NC1C(=O)N2C(C(=O)OC(c3ccccc3)c3ccccc3)=C(/C=C/Sc3ccccn3)CS[C@H]12. The number of allylic oxidation sites excluding steroid dienone is 1. The van der Waals surface area contributed by atoms with Gasteiger partial charge in [-0.2, -0.15) is 0 Å². The summed E-state index contributed by atoms with van der Waals surface area (Å²) >= 11 is 2.99. The summed E-state index contributed by atoms with van der Waals surface area (Å²) in [7, 11) is 0. The molecule has 1 unspecified atom stereocenters. The number of rotatable bonds is 7. The van der Waals surface area contributed by atoms with Crippen molar-refractivity contribution in [3.05, 3.63) is 119 Å². The van der Waals surface area contributed by atoms with Crippen molar-refractivity contribution in [2.45, 2.75) is 22.5 Å². The fourth-order valence-electron chi connectivity index (χ4n) is 4.01. The standard InChI is InChI=1S/C27H23N3O3S2/c28-22-25(31)30-23(20(17-35-26(22)30)14-16-34-21-13-7-8-15-29-21)27(32)33-24(18-9-3-1-4-10-18)19-11-5-2-6-12-19/h1-16,22,24,26H,17,28H2/b16-14+/t22?,26-/m1/s1. The fourth-order valence-corrected chi connectivity index (χ4v) is 5.92. The lowest BCUT2D eigenvalue weighted by atomic mass is 10.0. The van der Waals surface area contributed by atoms with E-state index in [1.165, 1.54) is 16.7 Å². The van der Waals surface area contributed by atoms with Crippen molar-refractivity contribution in [3.63, 3.8) is 0 Å². The Morgan fingerprint density at radius 3 is 2.34 bits per heavy atom. The Kier molecular flexibility index (Phi) is 7.03. The van der Waals surface area contributed by atoms with Crippen molar-refractivity contribution in [2.75, 3.05) is 5.75 Å². The Bertz CT molecular complexity index is 1230. The van der Waals surface area contributed by atoms with Gasteiger partial charge in [-0.25, -0.2) is 9.78 Å². The van der Waals surface area contributed by atoms with Gasteiger partial charge in [0.05, 0.1) is 0 Å². The molecule has 0 bridgehead atoms. The number of aromatic nitrogens is 1. The number of hydrogen-bond acceptors (Lipinski definition) is 7. The second-order valence-corrected chi connectivity index (χ2v) is 10.0. The zero-order chi connectivity index (χ0) is 24.2. The lowest BCUT2D eigenvalue weighted by Crippen LogP contribution is -2.68. The molecule has 3 aromatic rings. The molecule has 0 aliphatic carbocycles. The predicted octanol–water partition coefficient (Wildman–Crippen LogP) is 4.52. The molecule has 0 spiro atoms. The third kappa shape index (κ3) is 4.91. The summed E-state index contributed by atoms with van der Waals surface area (Å²) in [6.07, 6.45) is 2.98. The molecule has 2 aliphatic rings. The molecule has 6 nitrogen and oxygen atoms in total. The van der Waals surface area contributed by atoms with Crippen LogP contribution < -0.4 is 5.73 Å². The summed E-state index contributed by atoms with van der Waals surface area (Å²) in [6, 6.07) is 24.2. The van der Waals surface area contributed by atoms with E-state index in [0.29, 0.717) is 5.75 Å². The summed E-state index contributed by atoms with van der Waals surface area (Å²) in [5.74, 6) is -0.267. The minimum atomic E-state index is -0.615. The Morgan fingerprint density at radius 2 is 1.71 bits per heavy atom. The zero-order valence-corrected chi connectivity index (χ0v) is 20.3. The highest BCUT2D eigenvalue weighted by Gasteiger charge is 2.52. The van der Waals surface area contributed by atoms with Crippen molar-refractivity contribution in [1.82, 2.24) is 9.88 Å². The first-order valence-corrected chi connectivity index (χ1v) is 13.0. The van der Waals surface area contributed by atoms with Crippen LogP contribution in [0.4, 0.5) is 0 Å². The number of nitrogens with two attached hydrogens (primary N) is 1. The molecule has 0 radical (unpaired) electrons. The summed E-state index contributed by atoms with van der Waals surface area (Å²) in [6.45, 7) is 0. The number of carbonyl (C=O) groups excluding carboxylic acids is 2. The van der Waals surface area contributed by atoms with Crippen LogP contribution in [-0.4, -0.2) is 38.9 Å². The molecule has 0 saturated carbocycles. The van der Waals surface area contributed by atoms with E-state index < -0.39 is 18.1 Å². The molecule has 1 amide bonds. The minimum Gasteiger partial charge on any atom is -0.448 e. The molecule has 2 atom stereocenters. The number of hydrogen-bond donors (Lipinski definition) is 1. The predicted molar refractivity (Wildman–Crippen MR) is 138 cm³/mol. The highest BCUT2D eigenvalue weighted by Crippen LogP contribution is 2.41. The smallest absolute Gasteiger partial charge is 0.356 e. The highest BCUT2D eigenvalue weighted by atomic mass is 32.2. The fraction of sp³-hybridized carbons (Fsp3) is 0.148. The number of carbonyl (C=O) groups is 2. The van der Waals surface area contributed by atoms with Crippen molar-refractivity contribution in [2.24, 2.45) is 5.73 Å². The van der Waals surface area contributed by atoms with E-state index in [0.717, 1.165) is 21.7 Å². The molecule has 2 N–H and O–H groups in total. The molecular weight excluding hydrogens is 478 g/mol. The van der Waals surface area contributed by atoms with Gasteiger partial charge in [0.25, 0.3) is 0 Å². The van der Waals surface area contributed by atoms with Crippen LogP contribution in [-0.2, 0) is 14.3 Å². The maximum atomic E-state index is 13.7. The third-order valence-corrected chi connectivity index (χ3v) is 7.84. The molecule has 1 aromatic heterocycles. The first-order chi connectivity index (χ1) is 17.1. The second kappa shape index (κ2) is 10.5. The average molecular weight is 502 g/mol. The van der Waals surface area contributed by atoms with Crippen LogP contribution in [0.1, 0.15) is 17.2 Å². The number of benzene rings is 2. The van der Waals surface area contributed by atoms with E-state index in [1.54, 1.807) is 18.0 Å². The van der Waals surface area contributed by atoms with E-state index in [4.69, 9.17) is 10.5 Å². The lowest BCUT2D eigenvalue weighted by Gasteiger charge is -2.48. The van der Waals surface area contributed by atoms with E-state index in [-0.39, 0.29) is 17.0 Å². The summed E-state index contributed by atoms with van der Waals surface area (Å²) < 4.78 is 6.10. The van der Waals surface area contributed by atoms with Crippen molar-refractivity contribution < 1.29 is 14.3 Å². The van der Waals surface area contributed by atoms with E-state index in [9.17, 15) is 9.59 Å². The van der Waals surface area contributed by atoms with Crippen LogP contribution in [0.25, 0.3) is 0 Å². The summed E-state index contributed by atoms with van der Waals surface area (Å²) in [5, 5.41) is 2.45. The lowest BCUT2D eigenvalue weighted by molar-refractivity contribution is -0.153. The Hall–Kier alpha value is -3.33. The molecular formula is C27H23N3O3S2. The molecule has 5 rings (SSSR count). The van der Waals surface area contributed by atoms with Crippen LogP contribution in [0, 0.1) is 0 Å².